The van der Waals surface area contributed by atoms with Crippen LogP contribution in [-0.2, 0) is 6.42 Å². The van der Waals surface area contributed by atoms with Crippen LogP contribution in [0.5, 0.6) is 5.75 Å². The predicted octanol–water partition coefficient (Wildman–Crippen LogP) is 3.94. The Bertz CT molecular complexity index is 899. The van der Waals surface area contributed by atoms with Crippen molar-refractivity contribution in [3.05, 3.63) is 65.9 Å². The monoisotopic (exact) mass is 334 g/mol. The second kappa shape index (κ2) is 6.43. The number of ether oxygens (including phenoxy) is 1. The first kappa shape index (κ1) is 15.4. The summed E-state index contributed by atoms with van der Waals surface area (Å²) in [6.07, 6.45) is 3.44. The van der Waals surface area contributed by atoms with Gasteiger partial charge in [0.15, 0.2) is 5.76 Å². The normalized spacial score (nSPS) is 13.4. The topological polar surface area (TPSA) is 55.6 Å². The third kappa shape index (κ3) is 2.78. The Kier molecular flexibility index (Phi) is 3.98. The van der Waals surface area contributed by atoms with Gasteiger partial charge in [-0.3, -0.25) is 4.79 Å². The van der Waals surface area contributed by atoms with Gasteiger partial charge in [-0.1, -0.05) is 23.4 Å². The van der Waals surface area contributed by atoms with E-state index in [-0.39, 0.29) is 5.91 Å². The first-order valence-electron chi connectivity index (χ1n) is 8.27. The highest BCUT2D eigenvalue weighted by molar-refractivity contribution is 6.09. The number of benzene rings is 2. The standard InChI is InChI=1S/C20H18N2O3/c1-24-16-10-8-15(9-11-16)19-17(13-21-25-19)20(23)22-12-4-6-14-5-2-3-7-18(14)22/h2-3,5,7-11,13H,4,6,12H2,1H3. The molecule has 0 fully saturated rings. The van der Waals surface area contributed by atoms with Gasteiger partial charge in [-0.15, -0.1) is 0 Å². The summed E-state index contributed by atoms with van der Waals surface area (Å²) in [5.74, 6) is 1.15. The molecule has 0 saturated carbocycles. The van der Waals surface area contributed by atoms with Gasteiger partial charge in [0.25, 0.3) is 5.91 Å². The van der Waals surface area contributed by atoms with E-state index in [2.05, 4.69) is 11.2 Å². The van der Waals surface area contributed by atoms with E-state index >= 15 is 0 Å². The summed E-state index contributed by atoms with van der Waals surface area (Å²) in [6, 6.07) is 15.4. The minimum absolute atomic E-state index is 0.0841. The number of hydrogen-bond acceptors (Lipinski definition) is 4. The molecule has 0 radical (unpaired) electrons. The first-order chi connectivity index (χ1) is 12.3. The first-order valence-corrected chi connectivity index (χ1v) is 8.27. The van der Waals surface area contributed by atoms with E-state index in [1.54, 1.807) is 7.11 Å². The highest BCUT2D eigenvalue weighted by Crippen LogP contribution is 2.31. The molecular formula is C20H18N2O3. The number of anilines is 1. The van der Waals surface area contributed by atoms with Gasteiger partial charge in [0, 0.05) is 17.8 Å². The molecule has 0 unspecified atom stereocenters. The summed E-state index contributed by atoms with van der Waals surface area (Å²) in [7, 11) is 1.62. The summed E-state index contributed by atoms with van der Waals surface area (Å²) < 4.78 is 10.6. The van der Waals surface area contributed by atoms with Gasteiger partial charge < -0.3 is 14.2 Å². The Morgan fingerprint density at radius 1 is 1.16 bits per heavy atom. The maximum Gasteiger partial charge on any atom is 0.263 e. The van der Waals surface area contributed by atoms with Crippen LogP contribution in [0.15, 0.2) is 59.3 Å². The van der Waals surface area contributed by atoms with Crippen molar-refractivity contribution >= 4 is 11.6 Å². The molecule has 3 aromatic rings. The Morgan fingerprint density at radius 2 is 1.96 bits per heavy atom. The van der Waals surface area contributed by atoms with Crippen molar-refractivity contribution in [3.8, 4) is 17.1 Å². The Morgan fingerprint density at radius 3 is 2.76 bits per heavy atom. The highest BCUT2D eigenvalue weighted by atomic mass is 16.5. The van der Waals surface area contributed by atoms with Gasteiger partial charge in [0.1, 0.15) is 11.3 Å². The summed E-state index contributed by atoms with van der Waals surface area (Å²) in [4.78, 5) is 15.0. The van der Waals surface area contributed by atoms with Crippen LogP contribution < -0.4 is 9.64 Å². The largest absolute Gasteiger partial charge is 0.497 e. The van der Waals surface area contributed by atoms with Crippen LogP contribution >= 0.6 is 0 Å². The summed E-state index contributed by atoms with van der Waals surface area (Å²) in [6.45, 7) is 0.697. The van der Waals surface area contributed by atoms with Crippen molar-refractivity contribution in [1.29, 1.82) is 0 Å². The van der Waals surface area contributed by atoms with Crippen LogP contribution in [0.25, 0.3) is 11.3 Å². The van der Waals surface area contributed by atoms with Crippen molar-refractivity contribution in [2.45, 2.75) is 12.8 Å². The lowest BCUT2D eigenvalue weighted by Gasteiger charge is -2.29. The van der Waals surface area contributed by atoms with E-state index in [0.717, 1.165) is 29.8 Å². The fourth-order valence-corrected chi connectivity index (χ4v) is 3.23. The molecule has 0 aliphatic carbocycles. The molecule has 0 spiro atoms. The van der Waals surface area contributed by atoms with Gasteiger partial charge in [-0.2, -0.15) is 0 Å². The number of methoxy groups -OCH3 is 1. The molecule has 2 aromatic carbocycles. The van der Waals surface area contributed by atoms with Crippen molar-refractivity contribution < 1.29 is 14.1 Å². The zero-order valence-corrected chi connectivity index (χ0v) is 13.9. The van der Waals surface area contributed by atoms with Crippen LogP contribution in [0.4, 0.5) is 5.69 Å². The number of carbonyl (C=O) groups is 1. The zero-order chi connectivity index (χ0) is 17.2. The molecule has 2 heterocycles. The molecule has 5 heteroatoms. The molecule has 0 saturated heterocycles. The van der Waals surface area contributed by atoms with Gasteiger partial charge in [-0.05, 0) is 48.7 Å². The molecule has 1 aliphatic heterocycles. The third-order valence-corrected chi connectivity index (χ3v) is 4.51. The van der Waals surface area contributed by atoms with Gasteiger partial charge >= 0.3 is 0 Å². The van der Waals surface area contributed by atoms with E-state index in [9.17, 15) is 4.79 Å². The predicted molar refractivity (Wildman–Crippen MR) is 94.9 cm³/mol. The highest BCUT2D eigenvalue weighted by Gasteiger charge is 2.27. The number of aryl methyl sites for hydroxylation is 1. The number of fused-ring (bicyclic) bond motifs is 1. The van der Waals surface area contributed by atoms with Crippen LogP contribution in [-0.4, -0.2) is 24.7 Å². The lowest BCUT2D eigenvalue weighted by Crippen LogP contribution is -2.35. The number of amides is 1. The van der Waals surface area contributed by atoms with E-state index in [4.69, 9.17) is 9.26 Å². The molecule has 25 heavy (non-hydrogen) atoms. The quantitative estimate of drug-likeness (QED) is 0.728. The van der Waals surface area contributed by atoms with Crippen LogP contribution in [0.3, 0.4) is 0 Å². The van der Waals surface area contributed by atoms with Crippen molar-refractivity contribution in [2.75, 3.05) is 18.6 Å². The Balaban J connectivity index is 1.69. The summed E-state index contributed by atoms with van der Waals surface area (Å²) in [5.41, 5.74) is 3.44. The number of carbonyl (C=O) groups excluding carboxylic acids is 1. The number of hydrogen-bond donors (Lipinski definition) is 0. The van der Waals surface area contributed by atoms with Gasteiger partial charge in [-0.25, -0.2) is 0 Å². The van der Waals surface area contributed by atoms with E-state index in [0.29, 0.717) is 17.9 Å². The van der Waals surface area contributed by atoms with Gasteiger partial charge in [0.05, 0.1) is 13.3 Å². The lowest BCUT2D eigenvalue weighted by atomic mass is 10.0. The summed E-state index contributed by atoms with van der Waals surface area (Å²) >= 11 is 0. The average Bonchev–Trinajstić information content (AvgIpc) is 3.17. The molecular weight excluding hydrogens is 316 g/mol. The van der Waals surface area contributed by atoms with E-state index < -0.39 is 0 Å². The number of rotatable bonds is 3. The van der Waals surface area contributed by atoms with E-state index in [1.165, 1.54) is 11.8 Å². The molecule has 0 bridgehead atoms. The van der Waals surface area contributed by atoms with Crippen LogP contribution in [0, 0.1) is 0 Å². The molecule has 5 nitrogen and oxygen atoms in total. The second-order valence-electron chi connectivity index (χ2n) is 5.99. The fraction of sp³-hybridized carbons (Fsp3) is 0.200. The van der Waals surface area contributed by atoms with Crippen molar-refractivity contribution in [3.63, 3.8) is 0 Å². The minimum atomic E-state index is -0.0841. The molecule has 0 atom stereocenters. The molecule has 0 N–H and O–H groups in total. The minimum Gasteiger partial charge on any atom is -0.497 e. The number of aromatic nitrogens is 1. The average molecular weight is 334 g/mol. The number of para-hydroxylation sites is 1. The molecule has 4 rings (SSSR count). The maximum atomic E-state index is 13.1. The van der Waals surface area contributed by atoms with Crippen LogP contribution in [0.2, 0.25) is 0 Å². The molecule has 1 aromatic heterocycles. The fourth-order valence-electron chi connectivity index (χ4n) is 3.23. The SMILES string of the molecule is COc1ccc(-c2oncc2C(=O)N2CCCc3ccccc32)cc1. The Hall–Kier alpha value is -3.08. The molecule has 1 amide bonds. The van der Waals surface area contributed by atoms with Crippen LogP contribution in [0.1, 0.15) is 22.3 Å². The maximum absolute atomic E-state index is 13.1. The van der Waals surface area contributed by atoms with Crippen molar-refractivity contribution in [1.82, 2.24) is 5.16 Å². The number of nitrogens with zero attached hydrogens (tertiary/aromatic N) is 2. The second-order valence-corrected chi connectivity index (χ2v) is 5.99. The zero-order valence-electron chi connectivity index (χ0n) is 13.9. The summed E-state index contributed by atoms with van der Waals surface area (Å²) in [5, 5.41) is 3.86. The van der Waals surface area contributed by atoms with Crippen molar-refractivity contribution in [2.24, 2.45) is 0 Å². The van der Waals surface area contributed by atoms with E-state index in [1.807, 2.05) is 47.4 Å². The lowest BCUT2D eigenvalue weighted by molar-refractivity contribution is 0.0985. The smallest absolute Gasteiger partial charge is 0.263 e. The molecule has 1 aliphatic rings. The Labute approximate surface area is 145 Å². The van der Waals surface area contributed by atoms with Gasteiger partial charge in [0.2, 0.25) is 0 Å². The molecule has 126 valence electrons. The third-order valence-electron chi connectivity index (χ3n) is 4.51.